The molecule has 0 aromatic heterocycles. The molecule has 0 saturated heterocycles. The van der Waals surface area contributed by atoms with Gasteiger partial charge in [-0.3, -0.25) is 0 Å². The molecule has 0 fully saturated rings. The number of hydrogen-bond acceptors (Lipinski definition) is 3. The molecule has 0 unspecified atom stereocenters. The molecule has 3 heteroatoms. The van der Waals surface area contributed by atoms with E-state index in [9.17, 15) is 4.79 Å². The Morgan fingerprint density at radius 3 is 2.88 bits per heavy atom. The van der Waals surface area contributed by atoms with E-state index in [-0.39, 0.29) is 5.97 Å². The van der Waals surface area contributed by atoms with Crippen molar-refractivity contribution in [3.8, 4) is 11.8 Å². The van der Waals surface area contributed by atoms with E-state index in [4.69, 9.17) is 4.74 Å². The topological polar surface area (TPSA) is 38.3 Å². The van der Waals surface area contributed by atoms with Crippen LogP contribution in [-0.4, -0.2) is 19.6 Å². The van der Waals surface area contributed by atoms with Gasteiger partial charge in [0, 0.05) is 6.54 Å². The summed E-state index contributed by atoms with van der Waals surface area (Å²) < 4.78 is 4.71. The van der Waals surface area contributed by atoms with E-state index >= 15 is 0 Å². The van der Waals surface area contributed by atoms with Gasteiger partial charge in [0.05, 0.1) is 19.2 Å². The maximum atomic E-state index is 11.4. The lowest BCUT2D eigenvalue weighted by Crippen LogP contribution is -2.16. The molecular formula is C13H15NO2. The molecule has 0 atom stereocenters. The van der Waals surface area contributed by atoms with Crippen molar-refractivity contribution in [2.75, 3.05) is 13.7 Å². The molecule has 0 aliphatic heterocycles. The molecule has 1 N–H and O–H groups in total. The van der Waals surface area contributed by atoms with E-state index in [0.29, 0.717) is 18.7 Å². The maximum Gasteiger partial charge on any atom is 0.338 e. The highest BCUT2D eigenvalue weighted by Gasteiger charge is 2.09. The molecule has 0 aliphatic rings. The largest absolute Gasteiger partial charge is 0.465 e. The van der Waals surface area contributed by atoms with Crippen molar-refractivity contribution in [1.29, 1.82) is 0 Å². The predicted octanol–water partition coefficient (Wildman–Crippen LogP) is 1.59. The Bertz CT molecular complexity index is 415. The standard InChI is InChI=1S/C13H15NO2/c1-3-4-9-14-10-11-7-5-6-8-12(11)13(15)16-2/h5-8,14H,9-10H2,1-2H3. The lowest BCUT2D eigenvalue weighted by molar-refractivity contribution is 0.0599. The van der Waals surface area contributed by atoms with Crippen molar-refractivity contribution in [3.05, 3.63) is 35.4 Å². The Morgan fingerprint density at radius 2 is 2.19 bits per heavy atom. The van der Waals surface area contributed by atoms with E-state index in [2.05, 4.69) is 17.2 Å². The summed E-state index contributed by atoms with van der Waals surface area (Å²) in [5.74, 6) is 5.40. The van der Waals surface area contributed by atoms with Gasteiger partial charge in [0.25, 0.3) is 0 Å². The number of carbonyl (C=O) groups is 1. The van der Waals surface area contributed by atoms with Gasteiger partial charge in [-0.25, -0.2) is 4.79 Å². The minimum Gasteiger partial charge on any atom is -0.465 e. The third-order valence-corrected chi connectivity index (χ3v) is 2.13. The first-order chi connectivity index (χ1) is 7.79. The number of esters is 1. The Balaban J connectivity index is 2.70. The fourth-order valence-electron chi connectivity index (χ4n) is 1.33. The van der Waals surface area contributed by atoms with Gasteiger partial charge in [0.1, 0.15) is 0 Å². The number of nitrogens with one attached hydrogen (secondary N) is 1. The van der Waals surface area contributed by atoms with Crippen molar-refractivity contribution in [2.24, 2.45) is 0 Å². The first kappa shape index (κ1) is 12.3. The van der Waals surface area contributed by atoms with Crippen LogP contribution in [0.2, 0.25) is 0 Å². The Kier molecular flexibility index (Phi) is 5.10. The molecule has 0 heterocycles. The van der Waals surface area contributed by atoms with Gasteiger partial charge < -0.3 is 10.1 Å². The summed E-state index contributed by atoms with van der Waals surface area (Å²) in [6.45, 7) is 3.02. The van der Waals surface area contributed by atoms with Crippen LogP contribution in [-0.2, 0) is 11.3 Å². The van der Waals surface area contributed by atoms with Gasteiger partial charge >= 0.3 is 5.97 Å². The van der Waals surface area contributed by atoms with E-state index in [1.54, 1.807) is 13.0 Å². The van der Waals surface area contributed by atoms with Crippen LogP contribution in [0.15, 0.2) is 24.3 Å². The van der Waals surface area contributed by atoms with Gasteiger partial charge in [0.2, 0.25) is 0 Å². The molecule has 0 radical (unpaired) electrons. The first-order valence-electron chi connectivity index (χ1n) is 5.06. The van der Waals surface area contributed by atoms with Crippen LogP contribution in [0.1, 0.15) is 22.8 Å². The van der Waals surface area contributed by atoms with E-state index in [1.165, 1.54) is 7.11 Å². The minimum absolute atomic E-state index is 0.307. The van der Waals surface area contributed by atoms with Crippen molar-refractivity contribution >= 4 is 5.97 Å². The van der Waals surface area contributed by atoms with Crippen molar-refractivity contribution in [2.45, 2.75) is 13.5 Å². The lowest BCUT2D eigenvalue weighted by atomic mass is 10.1. The summed E-state index contributed by atoms with van der Waals surface area (Å²) in [5.41, 5.74) is 1.52. The van der Waals surface area contributed by atoms with Crippen LogP contribution >= 0.6 is 0 Å². The SMILES string of the molecule is CC#CCNCc1ccccc1C(=O)OC. The molecule has 84 valence electrons. The average molecular weight is 217 g/mol. The summed E-state index contributed by atoms with van der Waals surface area (Å²) in [7, 11) is 1.38. The molecule has 1 aromatic carbocycles. The monoisotopic (exact) mass is 217 g/mol. The van der Waals surface area contributed by atoms with Crippen molar-refractivity contribution in [3.63, 3.8) is 0 Å². The third kappa shape index (κ3) is 3.41. The molecule has 1 aromatic rings. The number of hydrogen-bond donors (Lipinski definition) is 1. The van der Waals surface area contributed by atoms with Crippen LogP contribution in [0.25, 0.3) is 0 Å². The van der Waals surface area contributed by atoms with E-state index in [0.717, 1.165) is 5.56 Å². The highest BCUT2D eigenvalue weighted by Crippen LogP contribution is 2.09. The fraction of sp³-hybridized carbons (Fsp3) is 0.308. The number of ether oxygens (including phenoxy) is 1. The molecule has 0 spiro atoms. The Hall–Kier alpha value is -1.79. The summed E-state index contributed by atoms with van der Waals surface area (Å²) >= 11 is 0. The average Bonchev–Trinajstić information content (AvgIpc) is 2.34. The zero-order valence-electron chi connectivity index (χ0n) is 9.54. The predicted molar refractivity (Wildman–Crippen MR) is 62.9 cm³/mol. The lowest BCUT2D eigenvalue weighted by Gasteiger charge is -2.07. The first-order valence-corrected chi connectivity index (χ1v) is 5.06. The summed E-state index contributed by atoms with van der Waals surface area (Å²) in [6, 6.07) is 7.38. The molecule has 1 rings (SSSR count). The van der Waals surface area contributed by atoms with Crippen molar-refractivity contribution < 1.29 is 9.53 Å². The normalized spacial score (nSPS) is 9.12. The van der Waals surface area contributed by atoms with Crippen LogP contribution in [0.4, 0.5) is 0 Å². The number of rotatable bonds is 4. The summed E-state index contributed by atoms with van der Waals surface area (Å²) in [4.78, 5) is 11.4. The van der Waals surface area contributed by atoms with E-state index in [1.807, 2.05) is 18.2 Å². The second-order valence-corrected chi connectivity index (χ2v) is 3.18. The van der Waals surface area contributed by atoms with Crippen LogP contribution < -0.4 is 5.32 Å². The molecule has 0 bridgehead atoms. The zero-order valence-corrected chi connectivity index (χ0v) is 9.54. The second-order valence-electron chi connectivity index (χ2n) is 3.18. The molecular weight excluding hydrogens is 202 g/mol. The molecule has 0 aliphatic carbocycles. The van der Waals surface area contributed by atoms with Gasteiger partial charge in [-0.2, -0.15) is 0 Å². The summed E-state index contributed by atoms with van der Waals surface area (Å²) in [6.07, 6.45) is 0. The number of carbonyl (C=O) groups excluding carboxylic acids is 1. The van der Waals surface area contributed by atoms with Crippen LogP contribution in [0.3, 0.4) is 0 Å². The summed E-state index contributed by atoms with van der Waals surface area (Å²) in [5, 5.41) is 3.14. The number of methoxy groups -OCH3 is 1. The zero-order chi connectivity index (χ0) is 11.8. The highest BCUT2D eigenvalue weighted by molar-refractivity contribution is 5.90. The van der Waals surface area contributed by atoms with Gasteiger partial charge in [0.15, 0.2) is 0 Å². The maximum absolute atomic E-state index is 11.4. The second kappa shape index (κ2) is 6.65. The van der Waals surface area contributed by atoms with E-state index < -0.39 is 0 Å². The van der Waals surface area contributed by atoms with Gasteiger partial charge in [-0.15, -0.1) is 5.92 Å². The third-order valence-electron chi connectivity index (χ3n) is 2.13. The van der Waals surface area contributed by atoms with Gasteiger partial charge in [-0.1, -0.05) is 24.1 Å². The van der Waals surface area contributed by atoms with Crippen molar-refractivity contribution in [1.82, 2.24) is 5.32 Å². The number of benzene rings is 1. The van der Waals surface area contributed by atoms with Crippen LogP contribution in [0, 0.1) is 11.8 Å². The smallest absolute Gasteiger partial charge is 0.338 e. The molecule has 3 nitrogen and oxygen atoms in total. The Morgan fingerprint density at radius 1 is 1.44 bits per heavy atom. The highest BCUT2D eigenvalue weighted by atomic mass is 16.5. The molecule has 0 saturated carbocycles. The quantitative estimate of drug-likeness (QED) is 0.473. The molecule has 0 amide bonds. The Labute approximate surface area is 95.8 Å². The minimum atomic E-state index is -0.307. The van der Waals surface area contributed by atoms with Crippen LogP contribution in [0.5, 0.6) is 0 Å². The fourth-order valence-corrected chi connectivity index (χ4v) is 1.33. The van der Waals surface area contributed by atoms with Gasteiger partial charge in [-0.05, 0) is 18.6 Å². The molecule has 16 heavy (non-hydrogen) atoms.